The van der Waals surface area contributed by atoms with E-state index >= 15 is 0 Å². The van der Waals surface area contributed by atoms with Crippen LogP contribution in [0.1, 0.15) is 19.8 Å². The van der Waals surface area contributed by atoms with E-state index < -0.39 is 12.1 Å². The number of carbonyl (C=O) groups is 1. The second-order valence-electron chi connectivity index (χ2n) is 3.87. The lowest BCUT2D eigenvalue weighted by Crippen LogP contribution is -2.46. The summed E-state index contributed by atoms with van der Waals surface area (Å²) in [5, 5.41) is 0.174. The average Bonchev–Trinajstić information content (AvgIpc) is 2.15. The lowest BCUT2D eigenvalue weighted by atomic mass is 9.94. The van der Waals surface area contributed by atoms with Crippen LogP contribution < -0.4 is 0 Å². The molecule has 2 nitrogen and oxygen atoms in total. The zero-order valence-corrected chi connectivity index (χ0v) is 9.31. The van der Waals surface area contributed by atoms with Gasteiger partial charge >= 0.3 is 12.1 Å². The van der Waals surface area contributed by atoms with Gasteiger partial charge in [-0.05, 0) is 18.8 Å². The van der Waals surface area contributed by atoms with Crippen LogP contribution in [0.15, 0.2) is 0 Å². The van der Waals surface area contributed by atoms with E-state index in [1.165, 1.54) is 0 Å². The van der Waals surface area contributed by atoms with E-state index in [4.69, 9.17) is 0 Å². The van der Waals surface area contributed by atoms with Crippen molar-refractivity contribution >= 4 is 18.5 Å². The van der Waals surface area contributed by atoms with Crippen molar-refractivity contribution in [2.45, 2.75) is 31.2 Å². The molecule has 88 valence electrons. The van der Waals surface area contributed by atoms with Crippen LogP contribution in [0.5, 0.6) is 0 Å². The topological polar surface area (TPSA) is 20.3 Å². The number of likely N-dealkylation sites (tertiary alicyclic amines) is 1. The third kappa shape index (κ3) is 3.29. The third-order valence-electron chi connectivity index (χ3n) is 2.75. The van der Waals surface area contributed by atoms with Crippen molar-refractivity contribution in [3.63, 3.8) is 0 Å². The normalized spacial score (nSPS) is 21.5. The number of carbonyl (C=O) groups excluding carboxylic acids is 1. The Hall–Kier alpha value is -0.390. The Morgan fingerprint density at radius 3 is 2.20 bits per heavy atom. The maximum absolute atomic E-state index is 12.1. The molecule has 15 heavy (non-hydrogen) atoms. The number of halogens is 3. The van der Waals surface area contributed by atoms with Crippen LogP contribution in [-0.2, 0) is 4.79 Å². The monoisotopic (exact) mass is 241 g/mol. The van der Waals surface area contributed by atoms with Gasteiger partial charge in [-0.3, -0.25) is 4.79 Å². The van der Waals surface area contributed by atoms with E-state index in [1.807, 2.05) is 6.92 Å². The molecule has 1 rings (SSSR count). The lowest BCUT2D eigenvalue weighted by Gasteiger charge is -2.33. The van der Waals surface area contributed by atoms with Gasteiger partial charge in [0.1, 0.15) is 0 Å². The predicted octanol–water partition coefficient (Wildman–Crippen LogP) is 2.11. The highest BCUT2D eigenvalue weighted by molar-refractivity contribution is 7.80. The summed E-state index contributed by atoms with van der Waals surface area (Å²) in [4.78, 5) is 11.8. The predicted molar refractivity (Wildman–Crippen MR) is 53.8 cm³/mol. The summed E-state index contributed by atoms with van der Waals surface area (Å²) in [6, 6.07) is 0. The van der Waals surface area contributed by atoms with Crippen molar-refractivity contribution in [3.05, 3.63) is 0 Å². The van der Waals surface area contributed by atoms with E-state index in [1.54, 1.807) is 0 Å². The van der Waals surface area contributed by atoms with Gasteiger partial charge in [-0.15, -0.1) is 0 Å². The molecule has 0 spiro atoms. The number of alkyl halides is 3. The summed E-state index contributed by atoms with van der Waals surface area (Å²) < 4.78 is 36.2. The van der Waals surface area contributed by atoms with Crippen LogP contribution in [0.3, 0.4) is 0 Å². The molecule has 0 aromatic rings. The molecule has 1 atom stereocenters. The number of nitrogens with zero attached hydrogens (tertiary/aromatic N) is 1. The fourth-order valence-electron chi connectivity index (χ4n) is 1.76. The van der Waals surface area contributed by atoms with Crippen LogP contribution in [0, 0.1) is 5.92 Å². The van der Waals surface area contributed by atoms with Crippen LogP contribution >= 0.6 is 12.6 Å². The maximum Gasteiger partial charge on any atom is 0.471 e. The van der Waals surface area contributed by atoms with Gasteiger partial charge in [-0.25, -0.2) is 0 Å². The average molecular weight is 241 g/mol. The SMILES string of the molecule is CC(S)C1CCN(C(=O)C(F)(F)F)CC1. The fraction of sp³-hybridized carbons (Fsp3) is 0.889. The summed E-state index contributed by atoms with van der Waals surface area (Å²) in [7, 11) is 0. The van der Waals surface area contributed by atoms with E-state index in [9.17, 15) is 18.0 Å². The summed E-state index contributed by atoms with van der Waals surface area (Å²) >= 11 is 4.25. The Bertz CT molecular complexity index is 234. The van der Waals surface area contributed by atoms with Gasteiger partial charge in [0.15, 0.2) is 0 Å². The van der Waals surface area contributed by atoms with Crippen molar-refractivity contribution in [1.82, 2.24) is 4.90 Å². The highest BCUT2D eigenvalue weighted by Crippen LogP contribution is 2.26. The Morgan fingerprint density at radius 1 is 1.40 bits per heavy atom. The van der Waals surface area contributed by atoms with Gasteiger partial charge in [0.2, 0.25) is 0 Å². The van der Waals surface area contributed by atoms with Gasteiger partial charge in [0.25, 0.3) is 0 Å². The highest BCUT2D eigenvalue weighted by Gasteiger charge is 2.43. The minimum absolute atomic E-state index is 0.174. The fourth-order valence-corrected chi connectivity index (χ4v) is 2.06. The molecule has 1 unspecified atom stereocenters. The molecule has 0 aromatic carbocycles. The molecule has 0 aliphatic carbocycles. The highest BCUT2D eigenvalue weighted by atomic mass is 32.1. The Labute approximate surface area is 92.2 Å². The van der Waals surface area contributed by atoms with E-state index in [-0.39, 0.29) is 18.3 Å². The molecule has 0 aromatic heterocycles. The molecule has 1 fully saturated rings. The van der Waals surface area contributed by atoms with Crippen molar-refractivity contribution in [2.24, 2.45) is 5.92 Å². The standard InChI is InChI=1S/C9H14F3NOS/c1-6(15)7-2-4-13(5-3-7)8(14)9(10,11)12/h6-7,15H,2-5H2,1H3. The first-order chi connectivity index (χ1) is 6.82. The molecule has 1 aliphatic rings. The van der Waals surface area contributed by atoms with Crippen LogP contribution in [-0.4, -0.2) is 35.3 Å². The van der Waals surface area contributed by atoms with Crippen LogP contribution in [0.2, 0.25) is 0 Å². The van der Waals surface area contributed by atoms with Crippen molar-refractivity contribution in [3.8, 4) is 0 Å². The summed E-state index contributed by atoms with van der Waals surface area (Å²) in [5.74, 6) is -1.40. The second kappa shape index (κ2) is 4.63. The van der Waals surface area contributed by atoms with Gasteiger partial charge < -0.3 is 4.90 Å². The van der Waals surface area contributed by atoms with E-state index in [0.29, 0.717) is 18.8 Å². The quantitative estimate of drug-likeness (QED) is 0.697. The van der Waals surface area contributed by atoms with Crippen LogP contribution in [0.4, 0.5) is 13.2 Å². The van der Waals surface area contributed by atoms with Gasteiger partial charge in [0, 0.05) is 18.3 Å². The Kier molecular flexibility index (Phi) is 3.92. The summed E-state index contributed by atoms with van der Waals surface area (Å²) in [6.07, 6.45) is -3.53. The van der Waals surface area contributed by atoms with Gasteiger partial charge in [0.05, 0.1) is 0 Å². The molecule has 1 heterocycles. The van der Waals surface area contributed by atoms with Gasteiger partial charge in [-0.2, -0.15) is 25.8 Å². The largest absolute Gasteiger partial charge is 0.471 e. The molecule has 0 radical (unpaired) electrons. The molecule has 0 bridgehead atoms. The number of thiol groups is 1. The zero-order chi connectivity index (χ0) is 11.6. The molecule has 0 saturated carbocycles. The number of amides is 1. The minimum Gasteiger partial charge on any atom is -0.335 e. The summed E-state index contributed by atoms with van der Waals surface area (Å²) in [6.45, 7) is 2.30. The third-order valence-corrected chi connectivity index (χ3v) is 3.17. The molecule has 6 heteroatoms. The molecular formula is C9H14F3NOS. The van der Waals surface area contributed by atoms with Crippen molar-refractivity contribution < 1.29 is 18.0 Å². The number of hydrogen-bond acceptors (Lipinski definition) is 2. The number of hydrogen-bond donors (Lipinski definition) is 1. The Balaban J connectivity index is 2.48. The zero-order valence-electron chi connectivity index (χ0n) is 8.42. The molecule has 0 N–H and O–H groups in total. The van der Waals surface area contributed by atoms with E-state index in [2.05, 4.69) is 12.6 Å². The molecular weight excluding hydrogens is 227 g/mol. The lowest BCUT2D eigenvalue weighted by molar-refractivity contribution is -0.186. The van der Waals surface area contributed by atoms with Gasteiger partial charge in [-0.1, -0.05) is 6.92 Å². The number of piperidine rings is 1. The van der Waals surface area contributed by atoms with Crippen molar-refractivity contribution in [2.75, 3.05) is 13.1 Å². The first kappa shape index (κ1) is 12.7. The molecule has 1 saturated heterocycles. The maximum atomic E-state index is 12.1. The second-order valence-corrected chi connectivity index (χ2v) is 4.68. The molecule has 1 aliphatic heterocycles. The first-order valence-corrected chi connectivity index (χ1v) is 5.38. The van der Waals surface area contributed by atoms with Crippen molar-refractivity contribution in [1.29, 1.82) is 0 Å². The number of rotatable bonds is 1. The summed E-state index contributed by atoms with van der Waals surface area (Å²) in [5.41, 5.74) is 0. The Morgan fingerprint density at radius 2 is 1.87 bits per heavy atom. The first-order valence-electron chi connectivity index (χ1n) is 4.86. The van der Waals surface area contributed by atoms with Crippen LogP contribution in [0.25, 0.3) is 0 Å². The van der Waals surface area contributed by atoms with E-state index in [0.717, 1.165) is 4.90 Å². The minimum atomic E-state index is -4.74. The smallest absolute Gasteiger partial charge is 0.335 e. The molecule has 1 amide bonds.